The molecule has 21 heavy (non-hydrogen) atoms. The third-order valence-corrected chi connectivity index (χ3v) is 6.54. The summed E-state index contributed by atoms with van der Waals surface area (Å²) >= 11 is 0. The lowest BCUT2D eigenvalue weighted by atomic mass is 9.94. The number of nitrogens with zero attached hydrogens (tertiary/aromatic N) is 2. The average molecular weight is 287 g/mol. The van der Waals surface area contributed by atoms with Gasteiger partial charge in [-0.3, -0.25) is 4.68 Å². The maximum Gasteiger partial charge on any atom is 0.0624 e. The first-order valence-electron chi connectivity index (χ1n) is 8.98. The van der Waals surface area contributed by atoms with Crippen molar-refractivity contribution in [3.8, 4) is 0 Å². The van der Waals surface area contributed by atoms with Crippen molar-refractivity contribution in [2.75, 3.05) is 6.54 Å². The fourth-order valence-corrected chi connectivity index (χ4v) is 5.70. The van der Waals surface area contributed by atoms with Gasteiger partial charge in [-0.15, -0.1) is 0 Å². The summed E-state index contributed by atoms with van der Waals surface area (Å²) < 4.78 is 2.11. The predicted octanol–water partition coefficient (Wildman–Crippen LogP) is 2.80. The number of hydrogen-bond donors (Lipinski definition) is 1. The van der Waals surface area contributed by atoms with Crippen LogP contribution in [0.4, 0.5) is 0 Å². The fourth-order valence-electron chi connectivity index (χ4n) is 5.70. The predicted molar refractivity (Wildman–Crippen MR) is 85.1 cm³/mol. The Balaban J connectivity index is 1.49. The number of likely N-dealkylation sites (N-methyl/N-ethyl adjacent to an activating group) is 1. The molecule has 5 unspecified atom stereocenters. The van der Waals surface area contributed by atoms with Crippen LogP contribution in [0.25, 0.3) is 0 Å². The SMILES string of the molecule is CCNC(Cc1cc(CC)nn1C)C1C2C3CCC(C3)C21. The second kappa shape index (κ2) is 5.12. The van der Waals surface area contributed by atoms with Crippen LogP contribution in [-0.4, -0.2) is 22.4 Å². The monoisotopic (exact) mass is 287 g/mol. The van der Waals surface area contributed by atoms with Gasteiger partial charge in [0.25, 0.3) is 0 Å². The van der Waals surface area contributed by atoms with Crippen molar-refractivity contribution in [3.05, 3.63) is 17.5 Å². The van der Waals surface area contributed by atoms with Crippen LogP contribution in [0.15, 0.2) is 6.07 Å². The van der Waals surface area contributed by atoms with E-state index < -0.39 is 0 Å². The van der Waals surface area contributed by atoms with Crippen LogP contribution in [0.1, 0.15) is 44.5 Å². The van der Waals surface area contributed by atoms with E-state index in [9.17, 15) is 0 Å². The quantitative estimate of drug-likeness (QED) is 0.872. The summed E-state index contributed by atoms with van der Waals surface area (Å²) in [5, 5.41) is 8.43. The first kappa shape index (κ1) is 13.8. The second-order valence-electron chi connectivity index (χ2n) is 7.54. The molecule has 0 aliphatic heterocycles. The molecule has 1 heterocycles. The van der Waals surface area contributed by atoms with Gasteiger partial charge in [0, 0.05) is 25.2 Å². The van der Waals surface area contributed by atoms with E-state index in [1.54, 1.807) is 6.42 Å². The molecule has 0 amide bonds. The minimum atomic E-state index is 0.675. The molecule has 2 bridgehead atoms. The molecule has 0 aromatic carbocycles. The van der Waals surface area contributed by atoms with E-state index >= 15 is 0 Å². The number of hydrogen-bond acceptors (Lipinski definition) is 2. The molecular weight excluding hydrogens is 258 g/mol. The molecule has 0 radical (unpaired) electrons. The number of nitrogens with one attached hydrogen (secondary N) is 1. The maximum atomic E-state index is 4.63. The fraction of sp³-hybridized carbons (Fsp3) is 0.833. The smallest absolute Gasteiger partial charge is 0.0624 e. The van der Waals surface area contributed by atoms with E-state index in [1.165, 1.54) is 24.2 Å². The molecule has 3 heteroatoms. The second-order valence-corrected chi connectivity index (χ2v) is 7.54. The average Bonchev–Trinajstić information content (AvgIpc) is 2.79. The topological polar surface area (TPSA) is 29.9 Å². The van der Waals surface area contributed by atoms with Gasteiger partial charge < -0.3 is 5.32 Å². The van der Waals surface area contributed by atoms with Crippen LogP contribution in [0, 0.1) is 29.6 Å². The van der Waals surface area contributed by atoms with Crippen molar-refractivity contribution in [1.29, 1.82) is 0 Å². The molecule has 1 aromatic rings. The molecule has 5 atom stereocenters. The molecule has 0 saturated heterocycles. The van der Waals surface area contributed by atoms with Gasteiger partial charge in [0.2, 0.25) is 0 Å². The Morgan fingerprint density at radius 3 is 2.57 bits per heavy atom. The highest BCUT2D eigenvalue weighted by molar-refractivity contribution is 5.19. The van der Waals surface area contributed by atoms with Gasteiger partial charge in [-0.05, 0) is 67.9 Å². The number of aryl methyl sites for hydroxylation is 2. The minimum Gasteiger partial charge on any atom is -0.314 e. The molecule has 3 saturated carbocycles. The lowest BCUT2D eigenvalue weighted by Crippen LogP contribution is -2.35. The zero-order chi connectivity index (χ0) is 14.6. The summed E-state index contributed by atoms with van der Waals surface area (Å²) in [6.07, 6.45) is 6.79. The lowest BCUT2D eigenvalue weighted by Gasteiger charge is -2.21. The summed E-state index contributed by atoms with van der Waals surface area (Å²) in [5.74, 6) is 5.22. The van der Waals surface area contributed by atoms with E-state index in [2.05, 4.69) is 42.1 Å². The molecule has 3 aliphatic carbocycles. The largest absolute Gasteiger partial charge is 0.314 e. The first-order valence-corrected chi connectivity index (χ1v) is 8.98. The number of aromatic nitrogens is 2. The van der Waals surface area contributed by atoms with Crippen LogP contribution >= 0.6 is 0 Å². The Morgan fingerprint density at radius 1 is 1.29 bits per heavy atom. The molecular formula is C18H29N3. The van der Waals surface area contributed by atoms with Gasteiger partial charge in [0.05, 0.1) is 5.69 Å². The van der Waals surface area contributed by atoms with Gasteiger partial charge in [-0.25, -0.2) is 0 Å². The Hall–Kier alpha value is -0.830. The zero-order valence-electron chi connectivity index (χ0n) is 13.7. The van der Waals surface area contributed by atoms with Crippen molar-refractivity contribution in [2.45, 2.75) is 52.0 Å². The van der Waals surface area contributed by atoms with Gasteiger partial charge in [0.15, 0.2) is 0 Å². The number of fused-ring (bicyclic) bond motifs is 5. The van der Waals surface area contributed by atoms with E-state index in [4.69, 9.17) is 0 Å². The van der Waals surface area contributed by atoms with Crippen molar-refractivity contribution in [3.63, 3.8) is 0 Å². The van der Waals surface area contributed by atoms with Crippen molar-refractivity contribution in [2.24, 2.45) is 36.6 Å². The third kappa shape index (κ3) is 2.16. The van der Waals surface area contributed by atoms with Crippen LogP contribution in [-0.2, 0) is 19.9 Å². The molecule has 116 valence electrons. The molecule has 3 aliphatic rings. The highest BCUT2D eigenvalue weighted by atomic mass is 15.3. The standard InChI is InChI=1S/C18H29N3/c1-4-13-9-14(21(3)20-13)10-15(19-5-2)18-16-11-6-7-12(8-11)17(16)18/h9,11-12,15-19H,4-8,10H2,1-3H3. The van der Waals surface area contributed by atoms with Crippen molar-refractivity contribution >= 4 is 0 Å². The zero-order valence-corrected chi connectivity index (χ0v) is 13.7. The Labute approximate surface area is 128 Å². The lowest BCUT2D eigenvalue weighted by molar-refractivity contribution is 0.361. The van der Waals surface area contributed by atoms with Crippen molar-refractivity contribution in [1.82, 2.24) is 15.1 Å². The highest BCUT2D eigenvalue weighted by Crippen LogP contribution is 2.70. The summed E-state index contributed by atoms with van der Waals surface area (Å²) in [6, 6.07) is 2.99. The van der Waals surface area contributed by atoms with Gasteiger partial charge in [-0.2, -0.15) is 5.10 Å². The highest BCUT2D eigenvalue weighted by Gasteiger charge is 2.66. The van der Waals surface area contributed by atoms with Crippen molar-refractivity contribution < 1.29 is 0 Å². The van der Waals surface area contributed by atoms with E-state index in [0.29, 0.717) is 6.04 Å². The number of rotatable bonds is 6. The Bertz CT molecular complexity index is 505. The molecule has 3 nitrogen and oxygen atoms in total. The van der Waals surface area contributed by atoms with E-state index in [0.717, 1.165) is 49.0 Å². The van der Waals surface area contributed by atoms with Crippen LogP contribution < -0.4 is 5.32 Å². The Morgan fingerprint density at radius 2 is 2.00 bits per heavy atom. The van der Waals surface area contributed by atoms with Crippen LogP contribution in [0.3, 0.4) is 0 Å². The Kier molecular flexibility index (Phi) is 3.36. The summed E-state index contributed by atoms with van der Waals surface area (Å²) in [5.41, 5.74) is 2.65. The molecule has 3 fully saturated rings. The normalized spacial score (nSPS) is 37.8. The maximum absolute atomic E-state index is 4.63. The van der Waals surface area contributed by atoms with Gasteiger partial charge in [-0.1, -0.05) is 13.8 Å². The summed E-state index contributed by atoms with van der Waals surface area (Å²) in [7, 11) is 2.11. The van der Waals surface area contributed by atoms with E-state index in [1.807, 2.05) is 0 Å². The molecule has 1 aromatic heterocycles. The van der Waals surface area contributed by atoms with Gasteiger partial charge >= 0.3 is 0 Å². The summed E-state index contributed by atoms with van der Waals surface area (Å²) in [6.45, 7) is 5.53. The molecule has 0 spiro atoms. The first-order chi connectivity index (χ1) is 10.2. The van der Waals surface area contributed by atoms with Gasteiger partial charge in [0.1, 0.15) is 0 Å². The van der Waals surface area contributed by atoms with E-state index in [-0.39, 0.29) is 0 Å². The minimum absolute atomic E-state index is 0.675. The third-order valence-electron chi connectivity index (χ3n) is 6.54. The van der Waals surface area contributed by atoms with Crippen LogP contribution in [0.5, 0.6) is 0 Å². The molecule has 4 rings (SSSR count). The summed E-state index contributed by atoms with van der Waals surface area (Å²) in [4.78, 5) is 0. The van der Waals surface area contributed by atoms with Crippen LogP contribution in [0.2, 0.25) is 0 Å². The molecule has 1 N–H and O–H groups in total.